The molecule has 1 amide bonds. The van der Waals surface area contributed by atoms with E-state index in [2.05, 4.69) is 5.32 Å². The molecule has 7 nitrogen and oxygen atoms in total. The van der Waals surface area contributed by atoms with Gasteiger partial charge in [-0.05, 0) is 50.1 Å². The highest BCUT2D eigenvalue weighted by Crippen LogP contribution is 2.22. The van der Waals surface area contributed by atoms with Crippen molar-refractivity contribution in [1.82, 2.24) is 0 Å². The third-order valence-corrected chi connectivity index (χ3v) is 3.66. The lowest BCUT2D eigenvalue weighted by molar-refractivity contribution is -0.384. The van der Waals surface area contributed by atoms with Gasteiger partial charge in [-0.2, -0.15) is 0 Å². The number of carbonyl (C=O) groups excluding carboxylic acids is 1. The van der Waals surface area contributed by atoms with E-state index in [9.17, 15) is 14.9 Å². The van der Waals surface area contributed by atoms with Crippen molar-refractivity contribution in [1.29, 1.82) is 0 Å². The van der Waals surface area contributed by atoms with E-state index in [-0.39, 0.29) is 18.0 Å². The van der Waals surface area contributed by atoms with Gasteiger partial charge in [0.1, 0.15) is 11.5 Å². The lowest BCUT2D eigenvalue weighted by Crippen LogP contribution is -2.13. The predicted molar refractivity (Wildman–Crippen MR) is 98.8 cm³/mol. The molecule has 0 heterocycles. The Hall–Kier alpha value is -3.09. The van der Waals surface area contributed by atoms with Gasteiger partial charge in [0.15, 0.2) is 0 Å². The van der Waals surface area contributed by atoms with Gasteiger partial charge in [-0.3, -0.25) is 14.9 Å². The molecule has 2 aromatic rings. The first-order chi connectivity index (χ1) is 12.5. The lowest BCUT2D eigenvalue weighted by Gasteiger charge is -2.09. The van der Waals surface area contributed by atoms with Gasteiger partial charge in [0.2, 0.25) is 5.91 Å². The number of hydrogen-bond acceptors (Lipinski definition) is 5. The molecule has 26 heavy (non-hydrogen) atoms. The zero-order valence-corrected chi connectivity index (χ0v) is 14.9. The van der Waals surface area contributed by atoms with Crippen LogP contribution in [0.1, 0.15) is 25.3 Å². The second kappa shape index (κ2) is 9.41. The Kier molecular flexibility index (Phi) is 6.96. The molecule has 138 valence electrons. The van der Waals surface area contributed by atoms with Crippen molar-refractivity contribution >= 4 is 17.3 Å². The first kappa shape index (κ1) is 19.2. The van der Waals surface area contributed by atoms with Crippen molar-refractivity contribution in [2.24, 2.45) is 0 Å². The van der Waals surface area contributed by atoms with Gasteiger partial charge in [0.25, 0.3) is 5.69 Å². The monoisotopic (exact) mass is 358 g/mol. The molecule has 2 aromatic carbocycles. The van der Waals surface area contributed by atoms with E-state index in [1.165, 1.54) is 12.1 Å². The largest absolute Gasteiger partial charge is 0.494 e. The minimum Gasteiger partial charge on any atom is -0.494 e. The first-order valence-corrected chi connectivity index (χ1v) is 8.40. The normalized spacial score (nSPS) is 10.2. The Morgan fingerprint density at radius 3 is 2.38 bits per heavy atom. The van der Waals surface area contributed by atoms with Crippen LogP contribution in [0.2, 0.25) is 0 Å². The van der Waals surface area contributed by atoms with Gasteiger partial charge >= 0.3 is 0 Å². The molecule has 0 aliphatic rings. The van der Waals surface area contributed by atoms with Gasteiger partial charge in [-0.1, -0.05) is 6.07 Å². The maximum atomic E-state index is 12.0. The molecule has 0 aliphatic carbocycles. The van der Waals surface area contributed by atoms with Crippen molar-refractivity contribution in [2.75, 3.05) is 18.5 Å². The molecule has 0 aliphatic heterocycles. The molecule has 0 unspecified atom stereocenters. The summed E-state index contributed by atoms with van der Waals surface area (Å²) in [6, 6.07) is 11.7. The molecule has 0 aromatic heterocycles. The summed E-state index contributed by atoms with van der Waals surface area (Å²) in [6.07, 6.45) is 0.798. The van der Waals surface area contributed by atoms with Crippen LogP contribution in [0, 0.1) is 17.0 Å². The van der Waals surface area contributed by atoms with Crippen LogP contribution >= 0.6 is 0 Å². The maximum absolute atomic E-state index is 12.0. The number of non-ortho nitro benzene ring substituents is 1. The number of benzene rings is 2. The summed E-state index contributed by atoms with van der Waals surface area (Å²) in [4.78, 5) is 22.4. The van der Waals surface area contributed by atoms with Crippen molar-refractivity contribution < 1.29 is 19.2 Å². The zero-order valence-electron chi connectivity index (χ0n) is 14.9. The number of amides is 1. The van der Waals surface area contributed by atoms with Crippen LogP contribution in [0.15, 0.2) is 42.5 Å². The summed E-state index contributed by atoms with van der Waals surface area (Å²) in [6.45, 7) is 4.72. The third-order valence-electron chi connectivity index (χ3n) is 3.66. The number of carbonyl (C=O) groups is 1. The van der Waals surface area contributed by atoms with Crippen LogP contribution in [0.25, 0.3) is 0 Å². The number of hydrogen-bond donors (Lipinski definition) is 1. The molecule has 2 rings (SSSR count). The molecule has 0 spiro atoms. The average molecular weight is 358 g/mol. The van der Waals surface area contributed by atoms with Crippen LogP contribution < -0.4 is 14.8 Å². The molecular formula is C19H22N2O5. The van der Waals surface area contributed by atoms with Crippen LogP contribution in [-0.4, -0.2) is 24.0 Å². The lowest BCUT2D eigenvalue weighted by atomic mass is 10.1. The molecule has 0 bridgehead atoms. The van der Waals surface area contributed by atoms with E-state index >= 15 is 0 Å². The second-order valence-electron chi connectivity index (χ2n) is 5.66. The summed E-state index contributed by atoms with van der Waals surface area (Å²) < 4.78 is 10.9. The van der Waals surface area contributed by atoms with Crippen LogP contribution in [0.5, 0.6) is 11.5 Å². The number of ether oxygens (including phenoxy) is 2. The van der Waals surface area contributed by atoms with Gasteiger partial charge in [0.05, 0.1) is 23.8 Å². The van der Waals surface area contributed by atoms with E-state index in [1.807, 2.05) is 31.2 Å². The van der Waals surface area contributed by atoms with Gasteiger partial charge in [-0.25, -0.2) is 0 Å². The number of anilines is 1. The van der Waals surface area contributed by atoms with Crippen molar-refractivity contribution in [3.8, 4) is 11.5 Å². The van der Waals surface area contributed by atoms with Crippen molar-refractivity contribution in [3.05, 3.63) is 58.1 Å². The number of nitro benzene ring substituents is 1. The number of aryl methyl sites for hydroxylation is 1. The number of rotatable bonds is 9. The molecule has 0 saturated heterocycles. The number of nitrogens with one attached hydrogen (secondary N) is 1. The standard InChI is InChI=1S/C19H22N2O5/c1-3-25-16-8-10-17(11-9-16)26-12-4-5-19(22)20-18-13-15(21(23)24)7-6-14(18)2/h6-11,13H,3-5,12H2,1-2H3,(H,20,22). The quantitative estimate of drug-likeness (QED) is 0.414. The average Bonchev–Trinajstić information content (AvgIpc) is 2.62. The van der Waals surface area contributed by atoms with E-state index < -0.39 is 4.92 Å². The fourth-order valence-corrected chi connectivity index (χ4v) is 2.29. The van der Waals surface area contributed by atoms with E-state index in [0.717, 1.165) is 11.3 Å². The SMILES string of the molecule is CCOc1ccc(OCCCC(=O)Nc2cc([N+](=O)[O-])ccc2C)cc1. The summed E-state index contributed by atoms with van der Waals surface area (Å²) in [5.41, 5.74) is 1.18. The highest BCUT2D eigenvalue weighted by Gasteiger charge is 2.11. The maximum Gasteiger partial charge on any atom is 0.271 e. The summed E-state index contributed by atoms with van der Waals surface area (Å²) in [5.74, 6) is 1.29. The summed E-state index contributed by atoms with van der Waals surface area (Å²) >= 11 is 0. The number of nitrogens with zero attached hydrogens (tertiary/aromatic N) is 1. The van der Waals surface area contributed by atoms with Gasteiger partial charge in [-0.15, -0.1) is 0 Å². The fourth-order valence-electron chi connectivity index (χ4n) is 2.29. The van der Waals surface area contributed by atoms with Crippen LogP contribution in [-0.2, 0) is 4.79 Å². The first-order valence-electron chi connectivity index (χ1n) is 8.40. The van der Waals surface area contributed by atoms with E-state index in [4.69, 9.17) is 9.47 Å². The third kappa shape index (κ3) is 5.77. The summed E-state index contributed by atoms with van der Waals surface area (Å²) in [7, 11) is 0. The summed E-state index contributed by atoms with van der Waals surface area (Å²) in [5, 5.41) is 13.5. The molecule has 7 heteroatoms. The van der Waals surface area contributed by atoms with Crippen molar-refractivity contribution in [2.45, 2.75) is 26.7 Å². The molecule has 0 atom stereocenters. The van der Waals surface area contributed by atoms with Crippen molar-refractivity contribution in [3.63, 3.8) is 0 Å². The highest BCUT2D eigenvalue weighted by atomic mass is 16.6. The Bertz CT molecular complexity index is 759. The molecule has 0 saturated carbocycles. The molecule has 0 fully saturated rings. The van der Waals surface area contributed by atoms with E-state index in [1.54, 1.807) is 13.0 Å². The topological polar surface area (TPSA) is 90.7 Å². The number of nitro groups is 1. The minimum absolute atomic E-state index is 0.0512. The molecular weight excluding hydrogens is 336 g/mol. The second-order valence-corrected chi connectivity index (χ2v) is 5.66. The Morgan fingerprint density at radius 2 is 1.77 bits per heavy atom. The minimum atomic E-state index is -0.486. The zero-order chi connectivity index (χ0) is 18.9. The van der Waals surface area contributed by atoms with Crippen LogP contribution in [0.4, 0.5) is 11.4 Å². The predicted octanol–water partition coefficient (Wildman–Crippen LogP) is 4.10. The Labute approximate surface area is 152 Å². The van der Waals surface area contributed by atoms with Crippen LogP contribution in [0.3, 0.4) is 0 Å². The molecule has 0 radical (unpaired) electrons. The Morgan fingerprint density at radius 1 is 1.12 bits per heavy atom. The van der Waals surface area contributed by atoms with Gasteiger partial charge < -0.3 is 14.8 Å². The Balaban J connectivity index is 1.77. The van der Waals surface area contributed by atoms with Gasteiger partial charge in [0, 0.05) is 18.6 Å². The smallest absolute Gasteiger partial charge is 0.271 e. The molecule has 1 N–H and O–H groups in total. The van der Waals surface area contributed by atoms with E-state index in [0.29, 0.717) is 31.1 Å². The fraction of sp³-hybridized carbons (Fsp3) is 0.316. The highest BCUT2D eigenvalue weighted by molar-refractivity contribution is 5.91.